The zero-order valence-corrected chi connectivity index (χ0v) is 10.2. The summed E-state index contributed by atoms with van der Waals surface area (Å²) in [6.45, 7) is 0.876. The number of likely N-dealkylation sites (tertiary alicyclic amines) is 1. The number of nitro groups is 1. The molecular weight excluding hydrogens is 260 g/mol. The molecule has 18 heavy (non-hydrogen) atoms. The van der Waals surface area contributed by atoms with E-state index in [4.69, 9.17) is 11.6 Å². The fourth-order valence-corrected chi connectivity index (χ4v) is 2.27. The third kappa shape index (κ3) is 2.78. The first-order chi connectivity index (χ1) is 8.47. The SMILES string of the molecule is O=[N+]([O-])c1ccc(Cl)cc1CN1CC(O)C(O)C1. The van der Waals surface area contributed by atoms with Crippen molar-refractivity contribution in [2.24, 2.45) is 0 Å². The Hall–Kier alpha value is -1.21. The smallest absolute Gasteiger partial charge is 0.273 e. The Morgan fingerprint density at radius 2 is 2.00 bits per heavy atom. The van der Waals surface area contributed by atoms with Gasteiger partial charge in [0.2, 0.25) is 0 Å². The van der Waals surface area contributed by atoms with Gasteiger partial charge >= 0.3 is 0 Å². The summed E-state index contributed by atoms with van der Waals surface area (Å²) < 4.78 is 0. The van der Waals surface area contributed by atoms with Gasteiger partial charge in [-0.05, 0) is 12.1 Å². The van der Waals surface area contributed by atoms with Gasteiger partial charge in [0, 0.05) is 36.3 Å². The number of nitro benzene ring substituents is 1. The Balaban J connectivity index is 2.18. The van der Waals surface area contributed by atoms with Gasteiger partial charge in [0.05, 0.1) is 17.1 Å². The highest BCUT2D eigenvalue weighted by molar-refractivity contribution is 6.30. The maximum Gasteiger partial charge on any atom is 0.273 e. The molecule has 1 heterocycles. The van der Waals surface area contributed by atoms with Gasteiger partial charge in [-0.1, -0.05) is 11.6 Å². The zero-order valence-electron chi connectivity index (χ0n) is 9.49. The van der Waals surface area contributed by atoms with Crippen LogP contribution in [0, 0.1) is 10.1 Å². The Kier molecular flexibility index (Phi) is 3.82. The van der Waals surface area contributed by atoms with Crippen molar-refractivity contribution in [1.82, 2.24) is 4.90 Å². The Bertz CT molecular complexity index is 458. The van der Waals surface area contributed by atoms with Crippen molar-refractivity contribution in [3.8, 4) is 0 Å². The van der Waals surface area contributed by atoms with E-state index < -0.39 is 17.1 Å². The first-order valence-electron chi connectivity index (χ1n) is 5.48. The number of hydrogen-bond acceptors (Lipinski definition) is 5. The van der Waals surface area contributed by atoms with Gasteiger partial charge in [0.25, 0.3) is 5.69 Å². The van der Waals surface area contributed by atoms with E-state index in [0.717, 1.165) is 0 Å². The maximum atomic E-state index is 10.9. The van der Waals surface area contributed by atoms with Crippen LogP contribution in [0.25, 0.3) is 0 Å². The second kappa shape index (κ2) is 5.19. The molecule has 1 fully saturated rings. The summed E-state index contributed by atoms with van der Waals surface area (Å²) in [5.41, 5.74) is 0.476. The van der Waals surface area contributed by atoms with E-state index in [0.29, 0.717) is 23.7 Å². The van der Waals surface area contributed by atoms with Crippen molar-refractivity contribution in [1.29, 1.82) is 0 Å². The van der Waals surface area contributed by atoms with Gasteiger partial charge in [-0.15, -0.1) is 0 Å². The van der Waals surface area contributed by atoms with Gasteiger partial charge in [-0.2, -0.15) is 0 Å². The zero-order chi connectivity index (χ0) is 13.3. The normalized spacial score (nSPS) is 24.4. The Labute approximate surface area is 109 Å². The van der Waals surface area contributed by atoms with Gasteiger partial charge < -0.3 is 10.2 Å². The molecule has 2 N–H and O–H groups in total. The second-order valence-electron chi connectivity index (χ2n) is 4.36. The highest BCUT2D eigenvalue weighted by Gasteiger charge is 2.30. The van der Waals surface area contributed by atoms with Crippen LogP contribution in [0.15, 0.2) is 18.2 Å². The van der Waals surface area contributed by atoms with E-state index in [1.165, 1.54) is 18.2 Å². The molecule has 7 heteroatoms. The molecule has 0 aromatic heterocycles. The number of aliphatic hydroxyl groups excluding tert-OH is 2. The van der Waals surface area contributed by atoms with E-state index in [1.807, 2.05) is 0 Å². The van der Waals surface area contributed by atoms with Crippen molar-refractivity contribution in [2.45, 2.75) is 18.8 Å². The molecule has 6 nitrogen and oxygen atoms in total. The summed E-state index contributed by atoms with van der Waals surface area (Å²) in [5, 5.41) is 30.2. The fourth-order valence-electron chi connectivity index (χ4n) is 2.08. The van der Waals surface area contributed by atoms with Crippen molar-refractivity contribution in [3.63, 3.8) is 0 Å². The summed E-state index contributed by atoms with van der Waals surface area (Å²) in [5.74, 6) is 0. The van der Waals surface area contributed by atoms with Crippen LogP contribution in [-0.2, 0) is 6.54 Å². The largest absolute Gasteiger partial charge is 0.389 e. The van der Waals surface area contributed by atoms with Crippen molar-refractivity contribution in [3.05, 3.63) is 38.9 Å². The lowest BCUT2D eigenvalue weighted by atomic mass is 10.1. The van der Waals surface area contributed by atoms with Crippen molar-refractivity contribution < 1.29 is 15.1 Å². The topological polar surface area (TPSA) is 86.8 Å². The second-order valence-corrected chi connectivity index (χ2v) is 4.80. The molecule has 2 unspecified atom stereocenters. The van der Waals surface area contributed by atoms with E-state index in [2.05, 4.69) is 0 Å². The van der Waals surface area contributed by atoms with Gasteiger partial charge in [0.15, 0.2) is 0 Å². The molecule has 0 spiro atoms. The molecule has 1 aromatic carbocycles. The third-order valence-electron chi connectivity index (χ3n) is 2.97. The number of halogens is 1. The van der Waals surface area contributed by atoms with Crippen molar-refractivity contribution >= 4 is 17.3 Å². The van der Waals surface area contributed by atoms with Crippen LogP contribution in [0.4, 0.5) is 5.69 Å². The number of β-amino-alcohol motifs (C(OH)–C–C–N with tert-alkyl or cyclic N) is 2. The molecule has 1 aliphatic rings. The standard InChI is InChI=1S/C11H13ClN2O4/c12-8-1-2-9(14(17)18)7(3-8)4-13-5-10(15)11(16)6-13/h1-3,10-11,15-16H,4-6H2. The fraction of sp³-hybridized carbons (Fsp3) is 0.455. The van der Waals surface area contributed by atoms with Gasteiger partial charge in [-0.3, -0.25) is 15.0 Å². The summed E-state index contributed by atoms with van der Waals surface area (Å²) >= 11 is 5.82. The minimum atomic E-state index is -0.803. The molecule has 1 aliphatic heterocycles. The summed E-state index contributed by atoms with van der Waals surface area (Å²) in [6.07, 6.45) is -1.61. The summed E-state index contributed by atoms with van der Waals surface area (Å²) in [7, 11) is 0. The average Bonchev–Trinajstić information content (AvgIpc) is 2.57. The third-order valence-corrected chi connectivity index (χ3v) is 3.20. The summed E-state index contributed by atoms with van der Waals surface area (Å²) in [4.78, 5) is 12.2. The van der Waals surface area contributed by atoms with Crippen LogP contribution in [0.3, 0.4) is 0 Å². The average molecular weight is 273 g/mol. The first-order valence-corrected chi connectivity index (χ1v) is 5.86. The van der Waals surface area contributed by atoms with E-state index in [9.17, 15) is 20.3 Å². The molecule has 1 saturated heterocycles. The monoisotopic (exact) mass is 272 g/mol. The molecule has 2 rings (SSSR count). The van der Waals surface area contributed by atoms with Crippen LogP contribution >= 0.6 is 11.6 Å². The predicted octanol–water partition coefficient (Wildman–Crippen LogP) is 0.786. The lowest BCUT2D eigenvalue weighted by Gasteiger charge is -2.14. The van der Waals surface area contributed by atoms with Crippen LogP contribution in [0.2, 0.25) is 5.02 Å². The quantitative estimate of drug-likeness (QED) is 0.627. The minimum absolute atomic E-state index is 0.00437. The molecule has 0 saturated carbocycles. The van der Waals surface area contributed by atoms with Gasteiger partial charge in [-0.25, -0.2) is 0 Å². The van der Waals surface area contributed by atoms with E-state index >= 15 is 0 Å². The Morgan fingerprint density at radius 1 is 1.39 bits per heavy atom. The molecule has 0 bridgehead atoms. The lowest BCUT2D eigenvalue weighted by molar-refractivity contribution is -0.385. The maximum absolute atomic E-state index is 10.9. The minimum Gasteiger partial charge on any atom is -0.389 e. The summed E-state index contributed by atoms with van der Waals surface area (Å²) in [6, 6.07) is 4.37. The molecule has 1 aromatic rings. The highest BCUT2D eigenvalue weighted by Crippen LogP contribution is 2.25. The lowest BCUT2D eigenvalue weighted by Crippen LogP contribution is -2.22. The van der Waals surface area contributed by atoms with Crippen molar-refractivity contribution in [2.75, 3.05) is 13.1 Å². The first kappa shape index (κ1) is 13.2. The number of rotatable bonds is 3. The Morgan fingerprint density at radius 3 is 2.56 bits per heavy atom. The number of hydrogen-bond donors (Lipinski definition) is 2. The van der Waals surface area contributed by atoms with E-state index in [-0.39, 0.29) is 12.2 Å². The van der Waals surface area contributed by atoms with Crippen LogP contribution in [0.1, 0.15) is 5.56 Å². The number of benzene rings is 1. The molecule has 0 radical (unpaired) electrons. The predicted molar refractivity (Wildman–Crippen MR) is 65.4 cm³/mol. The van der Waals surface area contributed by atoms with Crippen LogP contribution in [-0.4, -0.2) is 45.3 Å². The molecule has 98 valence electrons. The molecule has 0 amide bonds. The molecular formula is C11H13ClN2O4. The van der Waals surface area contributed by atoms with Crippen LogP contribution < -0.4 is 0 Å². The van der Waals surface area contributed by atoms with Crippen LogP contribution in [0.5, 0.6) is 0 Å². The molecule has 0 aliphatic carbocycles. The van der Waals surface area contributed by atoms with E-state index in [1.54, 1.807) is 4.90 Å². The highest BCUT2D eigenvalue weighted by atomic mass is 35.5. The van der Waals surface area contributed by atoms with Gasteiger partial charge in [0.1, 0.15) is 0 Å². The number of nitrogens with zero attached hydrogens (tertiary/aromatic N) is 2. The molecule has 2 atom stereocenters. The number of aliphatic hydroxyl groups is 2.